The van der Waals surface area contributed by atoms with Gasteiger partial charge < -0.3 is 0 Å². The van der Waals surface area contributed by atoms with E-state index in [9.17, 15) is 4.39 Å². The van der Waals surface area contributed by atoms with Gasteiger partial charge in [-0.15, -0.1) is 0 Å². The zero-order chi connectivity index (χ0) is 19.1. The van der Waals surface area contributed by atoms with Gasteiger partial charge >= 0.3 is 0 Å². The highest BCUT2D eigenvalue weighted by molar-refractivity contribution is 9.10. The van der Waals surface area contributed by atoms with Crippen molar-refractivity contribution < 1.29 is 4.39 Å². The Labute approximate surface area is 173 Å². The Morgan fingerprint density at radius 3 is 2.04 bits per heavy atom. The molecule has 1 heterocycles. The lowest BCUT2D eigenvalue weighted by Crippen LogP contribution is -2.47. The van der Waals surface area contributed by atoms with Gasteiger partial charge in [0.15, 0.2) is 0 Å². The van der Waals surface area contributed by atoms with E-state index in [4.69, 9.17) is 0 Å². The van der Waals surface area contributed by atoms with Gasteiger partial charge in [-0.05, 0) is 55.9 Å². The van der Waals surface area contributed by atoms with Gasteiger partial charge in [-0.25, -0.2) is 4.39 Å². The highest BCUT2D eigenvalue weighted by atomic mass is 79.9. The van der Waals surface area contributed by atoms with Crippen LogP contribution in [-0.4, -0.2) is 36.0 Å². The minimum atomic E-state index is -0.202. The van der Waals surface area contributed by atoms with Gasteiger partial charge in [-0.1, -0.05) is 54.6 Å². The van der Waals surface area contributed by atoms with E-state index < -0.39 is 0 Å². The molecule has 0 saturated carbocycles. The molecule has 2 nitrogen and oxygen atoms in total. The summed E-state index contributed by atoms with van der Waals surface area (Å²) in [6, 6.07) is 23.3. The number of fused-ring (bicyclic) bond motifs is 3. The number of benzene rings is 3. The molecule has 3 aromatic rings. The fraction of sp³-hybridized carbons (Fsp3) is 0.250. The Balaban J connectivity index is 1.32. The molecule has 0 amide bonds. The number of hydrogen-bond acceptors (Lipinski definition) is 2. The van der Waals surface area contributed by atoms with E-state index in [0.29, 0.717) is 10.5 Å². The molecule has 0 atom stereocenters. The first-order valence-electron chi connectivity index (χ1n) is 9.79. The SMILES string of the molecule is Fc1ccc(CN2CCN(C3c4ccccc4-c4ccccc43)CC2)cc1Br. The van der Waals surface area contributed by atoms with Crippen LogP contribution in [0.4, 0.5) is 4.39 Å². The van der Waals surface area contributed by atoms with Crippen LogP contribution >= 0.6 is 15.9 Å². The molecule has 0 spiro atoms. The van der Waals surface area contributed by atoms with E-state index in [-0.39, 0.29) is 5.82 Å². The molecule has 142 valence electrons. The van der Waals surface area contributed by atoms with Crippen LogP contribution in [0.2, 0.25) is 0 Å². The lowest BCUT2D eigenvalue weighted by molar-refractivity contribution is 0.106. The summed E-state index contributed by atoms with van der Waals surface area (Å²) in [4.78, 5) is 5.07. The van der Waals surface area contributed by atoms with Crippen LogP contribution in [0.1, 0.15) is 22.7 Å². The smallest absolute Gasteiger partial charge is 0.137 e. The Hall–Kier alpha value is -2.01. The molecule has 0 bridgehead atoms. The van der Waals surface area contributed by atoms with Gasteiger partial charge in [0.1, 0.15) is 5.82 Å². The van der Waals surface area contributed by atoms with Crippen molar-refractivity contribution in [2.24, 2.45) is 0 Å². The fourth-order valence-corrected chi connectivity index (χ4v) is 5.02. The Bertz CT molecular complexity index is 965. The molecule has 4 heteroatoms. The number of piperazine rings is 1. The van der Waals surface area contributed by atoms with Crippen LogP contribution in [0, 0.1) is 5.82 Å². The molecule has 0 unspecified atom stereocenters. The summed E-state index contributed by atoms with van der Waals surface area (Å²) in [5.41, 5.74) is 6.76. The molecule has 1 aliphatic carbocycles. The van der Waals surface area contributed by atoms with E-state index in [2.05, 4.69) is 74.3 Å². The molecule has 1 fully saturated rings. The zero-order valence-corrected chi connectivity index (χ0v) is 17.2. The second-order valence-electron chi connectivity index (χ2n) is 7.64. The monoisotopic (exact) mass is 436 g/mol. The highest BCUT2D eigenvalue weighted by Crippen LogP contribution is 2.46. The molecule has 0 N–H and O–H groups in total. The topological polar surface area (TPSA) is 6.48 Å². The first kappa shape index (κ1) is 18.0. The van der Waals surface area contributed by atoms with Crippen LogP contribution in [-0.2, 0) is 6.54 Å². The van der Waals surface area contributed by atoms with E-state index in [1.807, 2.05) is 12.1 Å². The average molecular weight is 437 g/mol. The van der Waals surface area contributed by atoms with Gasteiger partial charge in [0.05, 0.1) is 10.5 Å². The lowest BCUT2D eigenvalue weighted by Gasteiger charge is -2.38. The van der Waals surface area contributed by atoms with Gasteiger partial charge in [-0.2, -0.15) is 0 Å². The van der Waals surface area contributed by atoms with Gasteiger partial charge in [0, 0.05) is 32.7 Å². The van der Waals surface area contributed by atoms with Crippen LogP contribution in [0.5, 0.6) is 0 Å². The standard InChI is InChI=1S/C24H22BrFN2/c25-22-15-17(9-10-23(22)26)16-27-11-13-28(14-12-27)24-20-7-3-1-5-18(20)19-6-2-4-8-21(19)24/h1-10,15,24H,11-14,16H2. The summed E-state index contributed by atoms with van der Waals surface area (Å²) < 4.78 is 14.0. The van der Waals surface area contributed by atoms with Gasteiger partial charge in [0.25, 0.3) is 0 Å². The highest BCUT2D eigenvalue weighted by Gasteiger charge is 2.34. The van der Waals surface area contributed by atoms with E-state index in [1.54, 1.807) is 6.07 Å². The summed E-state index contributed by atoms with van der Waals surface area (Å²) in [7, 11) is 0. The third-order valence-electron chi connectivity index (χ3n) is 5.96. The number of halogens is 2. The fourth-order valence-electron chi connectivity index (χ4n) is 4.60. The third kappa shape index (κ3) is 3.20. The average Bonchev–Trinajstić information content (AvgIpc) is 3.06. The molecule has 3 aromatic carbocycles. The van der Waals surface area contributed by atoms with Crippen LogP contribution in [0.3, 0.4) is 0 Å². The first-order chi connectivity index (χ1) is 13.7. The minimum absolute atomic E-state index is 0.202. The van der Waals surface area contributed by atoms with E-state index in [0.717, 1.165) is 38.3 Å². The van der Waals surface area contributed by atoms with E-state index >= 15 is 0 Å². The second-order valence-corrected chi connectivity index (χ2v) is 8.49. The van der Waals surface area contributed by atoms with Crippen LogP contribution in [0.15, 0.2) is 71.2 Å². The van der Waals surface area contributed by atoms with Crippen molar-refractivity contribution in [3.05, 3.63) is 93.7 Å². The third-order valence-corrected chi connectivity index (χ3v) is 6.57. The maximum Gasteiger partial charge on any atom is 0.137 e. The molecule has 28 heavy (non-hydrogen) atoms. The summed E-state index contributed by atoms with van der Waals surface area (Å²) >= 11 is 3.29. The lowest BCUT2D eigenvalue weighted by atomic mass is 10.0. The molecular formula is C24H22BrFN2. The predicted octanol–water partition coefficient (Wildman–Crippen LogP) is 5.48. The molecule has 0 radical (unpaired) electrons. The van der Waals surface area contributed by atoms with Crippen molar-refractivity contribution in [2.45, 2.75) is 12.6 Å². The predicted molar refractivity (Wildman–Crippen MR) is 115 cm³/mol. The molecule has 1 saturated heterocycles. The number of nitrogens with zero attached hydrogens (tertiary/aromatic N) is 2. The Morgan fingerprint density at radius 2 is 1.43 bits per heavy atom. The van der Waals surface area contributed by atoms with Crippen molar-refractivity contribution in [3.63, 3.8) is 0 Å². The van der Waals surface area contributed by atoms with E-state index in [1.165, 1.54) is 22.3 Å². The Kier molecular flexibility index (Phi) is 4.79. The quantitative estimate of drug-likeness (QED) is 0.536. The summed E-state index contributed by atoms with van der Waals surface area (Å²) in [6.45, 7) is 4.99. The first-order valence-corrected chi connectivity index (χ1v) is 10.6. The second kappa shape index (κ2) is 7.43. The Morgan fingerprint density at radius 1 is 0.821 bits per heavy atom. The van der Waals surface area contributed by atoms with Crippen molar-refractivity contribution >= 4 is 15.9 Å². The summed E-state index contributed by atoms with van der Waals surface area (Å²) in [5.74, 6) is -0.202. The summed E-state index contributed by atoms with van der Waals surface area (Å²) in [6.07, 6.45) is 0. The molecular weight excluding hydrogens is 415 g/mol. The van der Waals surface area contributed by atoms with Crippen molar-refractivity contribution in [3.8, 4) is 11.1 Å². The number of hydrogen-bond donors (Lipinski definition) is 0. The molecule has 2 aliphatic rings. The summed E-state index contributed by atoms with van der Waals surface area (Å²) in [5, 5.41) is 0. The largest absolute Gasteiger partial charge is 0.297 e. The van der Waals surface area contributed by atoms with Crippen LogP contribution in [0.25, 0.3) is 11.1 Å². The maximum atomic E-state index is 13.5. The van der Waals surface area contributed by atoms with Crippen molar-refractivity contribution in [1.82, 2.24) is 9.80 Å². The number of rotatable bonds is 3. The zero-order valence-electron chi connectivity index (χ0n) is 15.6. The maximum absolute atomic E-state index is 13.5. The van der Waals surface area contributed by atoms with Gasteiger partial charge in [-0.3, -0.25) is 9.80 Å². The minimum Gasteiger partial charge on any atom is -0.297 e. The van der Waals surface area contributed by atoms with Crippen molar-refractivity contribution in [2.75, 3.05) is 26.2 Å². The molecule has 5 rings (SSSR count). The van der Waals surface area contributed by atoms with Crippen LogP contribution < -0.4 is 0 Å². The van der Waals surface area contributed by atoms with Gasteiger partial charge in [0.2, 0.25) is 0 Å². The normalized spacial score (nSPS) is 17.5. The molecule has 0 aromatic heterocycles. The molecule has 1 aliphatic heterocycles. The van der Waals surface area contributed by atoms with Crippen molar-refractivity contribution in [1.29, 1.82) is 0 Å².